The van der Waals surface area contributed by atoms with Crippen molar-refractivity contribution >= 4 is 5.97 Å². The van der Waals surface area contributed by atoms with Crippen LogP contribution in [0.25, 0.3) is 0 Å². The van der Waals surface area contributed by atoms with Crippen LogP contribution in [0.4, 0.5) is 0 Å². The molecule has 0 aromatic heterocycles. The van der Waals surface area contributed by atoms with Gasteiger partial charge in [0.25, 0.3) is 0 Å². The molecule has 0 fully saturated rings. The summed E-state index contributed by atoms with van der Waals surface area (Å²) >= 11 is 0. The fraction of sp³-hybridized carbons (Fsp3) is 0.667. The third-order valence-corrected chi connectivity index (χ3v) is 1.40. The van der Waals surface area contributed by atoms with Crippen molar-refractivity contribution in [3.63, 3.8) is 0 Å². The monoisotopic (exact) mass is 156 g/mol. The van der Waals surface area contributed by atoms with E-state index in [0.29, 0.717) is 11.5 Å². The molecule has 0 bridgehead atoms. The van der Waals surface area contributed by atoms with Gasteiger partial charge in [-0.05, 0) is 19.3 Å². The maximum atomic E-state index is 10.8. The van der Waals surface area contributed by atoms with Gasteiger partial charge < -0.3 is 4.74 Å². The second kappa shape index (κ2) is 4.94. The molecule has 0 N–H and O–H groups in total. The van der Waals surface area contributed by atoms with Gasteiger partial charge in [0, 0.05) is 5.57 Å². The Balaban J connectivity index is 3.90. The number of hydrogen-bond acceptors (Lipinski definition) is 2. The molecular formula is C9H16O2. The number of rotatable bonds is 3. The highest BCUT2D eigenvalue weighted by atomic mass is 16.5. The summed E-state index contributed by atoms with van der Waals surface area (Å²) in [7, 11) is 1.40. The molecule has 0 aliphatic heterocycles. The van der Waals surface area contributed by atoms with Crippen molar-refractivity contribution in [3.05, 3.63) is 11.6 Å². The molecule has 2 nitrogen and oxygen atoms in total. The number of carbonyl (C=O) groups is 1. The third-order valence-electron chi connectivity index (χ3n) is 1.40. The largest absolute Gasteiger partial charge is 0.466 e. The molecule has 0 radical (unpaired) electrons. The Morgan fingerprint density at radius 2 is 2.09 bits per heavy atom. The highest BCUT2D eigenvalue weighted by Crippen LogP contribution is 2.04. The number of ether oxygens (including phenoxy) is 1. The van der Waals surface area contributed by atoms with Gasteiger partial charge in [-0.2, -0.15) is 0 Å². The molecule has 0 saturated carbocycles. The van der Waals surface area contributed by atoms with Crippen LogP contribution in [0, 0.1) is 5.92 Å². The zero-order valence-corrected chi connectivity index (χ0v) is 7.68. The standard InChI is InChI=1S/C9H16O2/c1-7(2)5-6-8(3)9(10)11-4/h6-7H,5H2,1-4H3/b8-6-. The summed E-state index contributed by atoms with van der Waals surface area (Å²) < 4.78 is 4.54. The molecule has 64 valence electrons. The summed E-state index contributed by atoms with van der Waals surface area (Å²) in [6.07, 6.45) is 2.84. The highest BCUT2D eigenvalue weighted by molar-refractivity contribution is 5.87. The van der Waals surface area contributed by atoms with E-state index in [0.717, 1.165) is 6.42 Å². The van der Waals surface area contributed by atoms with Gasteiger partial charge in [-0.25, -0.2) is 4.79 Å². The van der Waals surface area contributed by atoms with E-state index in [2.05, 4.69) is 18.6 Å². The van der Waals surface area contributed by atoms with Crippen LogP contribution in [0.3, 0.4) is 0 Å². The van der Waals surface area contributed by atoms with Crippen LogP contribution in [0.15, 0.2) is 11.6 Å². The van der Waals surface area contributed by atoms with Gasteiger partial charge in [0.05, 0.1) is 7.11 Å². The second-order valence-corrected chi connectivity index (χ2v) is 3.01. The summed E-state index contributed by atoms with van der Waals surface area (Å²) in [6.45, 7) is 6.00. The van der Waals surface area contributed by atoms with Gasteiger partial charge in [0.1, 0.15) is 0 Å². The average Bonchev–Trinajstić information content (AvgIpc) is 1.98. The van der Waals surface area contributed by atoms with E-state index in [1.165, 1.54) is 7.11 Å². The van der Waals surface area contributed by atoms with Crippen LogP contribution < -0.4 is 0 Å². The Hall–Kier alpha value is -0.790. The fourth-order valence-corrected chi connectivity index (χ4v) is 0.657. The molecule has 0 spiro atoms. The molecule has 0 amide bonds. The molecule has 0 saturated heterocycles. The van der Waals surface area contributed by atoms with Crippen LogP contribution in [-0.4, -0.2) is 13.1 Å². The molecule has 0 atom stereocenters. The smallest absolute Gasteiger partial charge is 0.333 e. The SMILES string of the molecule is COC(=O)/C(C)=C\CC(C)C. The average molecular weight is 156 g/mol. The van der Waals surface area contributed by atoms with E-state index in [-0.39, 0.29) is 5.97 Å². The van der Waals surface area contributed by atoms with Crippen LogP contribution >= 0.6 is 0 Å². The van der Waals surface area contributed by atoms with Gasteiger partial charge in [-0.1, -0.05) is 19.9 Å². The number of carbonyl (C=O) groups excluding carboxylic acids is 1. The first-order valence-corrected chi connectivity index (χ1v) is 3.83. The van der Waals surface area contributed by atoms with Gasteiger partial charge in [-0.15, -0.1) is 0 Å². The molecule has 0 rings (SSSR count). The van der Waals surface area contributed by atoms with Crippen LogP contribution in [-0.2, 0) is 9.53 Å². The highest BCUT2D eigenvalue weighted by Gasteiger charge is 2.01. The molecule has 0 aromatic rings. The first kappa shape index (κ1) is 10.2. The molecule has 11 heavy (non-hydrogen) atoms. The van der Waals surface area contributed by atoms with E-state index in [1.807, 2.05) is 6.08 Å². The Morgan fingerprint density at radius 1 is 1.55 bits per heavy atom. The van der Waals surface area contributed by atoms with Crippen molar-refractivity contribution in [1.82, 2.24) is 0 Å². The van der Waals surface area contributed by atoms with Crippen LogP contribution in [0.2, 0.25) is 0 Å². The van der Waals surface area contributed by atoms with Crippen molar-refractivity contribution in [2.24, 2.45) is 5.92 Å². The van der Waals surface area contributed by atoms with Crippen molar-refractivity contribution in [3.8, 4) is 0 Å². The lowest BCUT2D eigenvalue weighted by molar-refractivity contribution is -0.136. The van der Waals surface area contributed by atoms with Gasteiger partial charge in [0.15, 0.2) is 0 Å². The van der Waals surface area contributed by atoms with Gasteiger partial charge >= 0.3 is 5.97 Å². The number of hydrogen-bond donors (Lipinski definition) is 0. The summed E-state index contributed by atoms with van der Waals surface area (Å²) in [6, 6.07) is 0. The number of methoxy groups -OCH3 is 1. The number of allylic oxidation sites excluding steroid dienone is 1. The van der Waals surface area contributed by atoms with E-state index < -0.39 is 0 Å². The van der Waals surface area contributed by atoms with Crippen LogP contribution in [0.1, 0.15) is 27.2 Å². The third kappa shape index (κ3) is 4.59. The Bertz CT molecular complexity index is 157. The lowest BCUT2D eigenvalue weighted by Gasteiger charge is -2.00. The Labute approximate surface area is 68.2 Å². The normalized spacial score (nSPS) is 11.9. The zero-order valence-electron chi connectivity index (χ0n) is 7.68. The maximum absolute atomic E-state index is 10.8. The van der Waals surface area contributed by atoms with Crippen molar-refractivity contribution in [2.75, 3.05) is 7.11 Å². The van der Waals surface area contributed by atoms with E-state index >= 15 is 0 Å². The first-order valence-electron chi connectivity index (χ1n) is 3.83. The van der Waals surface area contributed by atoms with E-state index in [9.17, 15) is 4.79 Å². The van der Waals surface area contributed by atoms with Crippen LogP contribution in [0.5, 0.6) is 0 Å². The van der Waals surface area contributed by atoms with E-state index in [1.54, 1.807) is 6.92 Å². The predicted octanol–water partition coefficient (Wildman–Crippen LogP) is 2.15. The second-order valence-electron chi connectivity index (χ2n) is 3.01. The fourth-order valence-electron chi connectivity index (χ4n) is 0.657. The molecule has 0 unspecified atom stereocenters. The predicted molar refractivity (Wildman–Crippen MR) is 45.2 cm³/mol. The molecule has 0 heterocycles. The summed E-state index contributed by atoms with van der Waals surface area (Å²) in [5.74, 6) is 0.361. The lowest BCUT2D eigenvalue weighted by Crippen LogP contribution is -2.01. The minimum Gasteiger partial charge on any atom is -0.466 e. The Kier molecular flexibility index (Phi) is 4.59. The Morgan fingerprint density at radius 3 is 2.45 bits per heavy atom. The molecule has 0 aliphatic carbocycles. The van der Waals surface area contributed by atoms with Crippen molar-refractivity contribution in [2.45, 2.75) is 27.2 Å². The maximum Gasteiger partial charge on any atom is 0.333 e. The van der Waals surface area contributed by atoms with E-state index in [4.69, 9.17) is 0 Å². The summed E-state index contributed by atoms with van der Waals surface area (Å²) in [4.78, 5) is 10.8. The van der Waals surface area contributed by atoms with Crippen molar-refractivity contribution < 1.29 is 9.53 Å². The van der Waals surface area contributed by atoms with Gasteiger partial charge in [0.2, 0.25) is 0 Å². The lowest BCUT2D eigenvalue weighted by atomic mass is 10.1. The quantitative estimate of drug-likeness (QED) is 0.462. The minimum atomic E-state index is -0.231. The van der Waals surface area contributed by atoms with Crippen molar-refractivity contribution in [1.29, 1.82) is 0 Å². The summed E-state index contributed by atoms with van der Waals surface area (Å²) in [5, 5.41) is 0. The summed E-state index contributed by atoms with van der Waals surface area (Å²) in [5.41, 5.74) is 0.696. The molecule has 0 aliphatic rings. The number of esters is 1. The zero-order chi connectivity index (χ0) is 8.85. The minimum absolute atomic E-state index is 0.231. The molecular weight excluding hydrogens is 140 g/mol. The topological polar surface area (TPSA) is 26.3 Å². The molecule has 0 aromatic carbocycles. The molecule has 2 heteroatoms. The van der Waals surface area contributed by atoms with Gasteiger partial charge in [-0.3, -0.25) is 0 Å². The first-order chi connectivity index (χ1) is 5.07.